The van der Waals surface area contributed by atoms with Crippen LogP contribution in [0.2, 0.25) is 0 Å². The highest BCUT2D eigenvalue weighted by atomic mass is 79.9. The van der Waals surface area contributed by atoms with Gasteiger partial charge in [0.15, 0.2) is 0 Å². The molecule has 0 saturated carbocycles. The van der Waals surface area contributed by atoms with Crippen molar-refractivity contribution in [2.45, 2.75) is 12.8 Å². The molecule has 0 N–H and O–H groups in total. The van der Waals surface area contributed by atoms with Gasteiger partial charge in [-0.15, -0.1) is 11.3 Å². The van der Waals surface area contributed by atoms with Gasteiger partial charge in [-0.3, -0.25) is 0 Å². The molecule has 0 bridgehead atoms. The van der Waals surface area contributed by atoms with Crippen molar-refractivity contribution in [3.05, 3.63) is 32.4 Å². The molecular weight excluding hydrogens is 292 g/mol. The topological polar surface area (TPSA) is 0 Å². The zero-order valence-electron chi connectivity index (χ0n) is 7.89. The maximum absolute atomic E-state index is 6.25. The fourth-order valence-corrected chi connectivity index (χ4v) is 4.00. The first-order valence-corrected chi connectivity index (χ1v) is 6.81. The summed E-state index contributed by atoms with van der Waals surface area (Å²) in [4.78, 5) is 0. The lowest BCUT2D eigenvalue weighted by molar-refractivity contribution is 1.12. The molecule has 0 saturated heterocycles. The zero-order valence-corrected chi connectivity index (χ0v) is 11.0. The maximum Gasteiger partial charge on any atom is 0.0497 e. The van der Waals surface area contributed by atoms with Crippen molar-refractivity contribution in [2.75, 3.05) is 0 Å². The minimum absolute atomic E-state index is 0.989. The standard InChI is InChI=1S/C12H8BrClS/c13-7-4-5-8-9-2-1-3-10(14)12(9)15-11(8)6-7/h2,4-6H,1,3H2. The van der Waals surface area contributed by atoms with Crippen molar-refractivity contribution in [1.29, 1.82) is 0 Å². The van der Waals surface area contributed by atoms with E-state index < -0.39 is 0 Å². The summed E-state index contributed by atoms with van der Waals surface area (Å²) >= 11 is 11.5. The highest BCUT2D eigenvalue weighted by Gasteiger charge is 2.08. The zero-order chi connectivity index (χ0) is 10.4. The van der Waals surface area contributed by atoms with Crippen LogP contribution in [0.1, 0.15) is 12.8 Å². The molecule has 0 aliphatic heterocycles. The third-order valence-electron chi connectivity index (χ3n) is 2.65. The molecular formula is C12H8BrClS. The Balaban J connectivity index is 2.57. The summed E-state index contributed by atoms with van der Waals surface area (Å²) in [6, 6.07) is 6.42. The van der Waals surface area contributed by atoms with Gasteiger partial charge in [-0.05, 0) is 30.2 Å². The molecule has 0 spiro atoms. The van der Waals surface area contributed by atoms with Gasteiger partial charge in [0.2, 0.25) is 0 Å². The molecule has 3 rings (SSSR count). The molecule has 1 aliphatic rings. The molecule has 0 fully saturated rings. The van der Waals surface area contributed by atoms with Crippen molar-refractivity contribution in [3.8, 4) is 0 Å². The Morgan fingerprint density at radius 2 is 2.20 bits per heavy atom. The number of benzene rings is 1. The van der Waals surface area contributed by atoms with Crippen molar-refractivity contribution >= 4 is 60.1 Å². The van der Waals surface area contributed by atoms with Crippen molar-refractivity contribution in [3.63, 3.8) is 0 Å². The van der Waals surface area contributed by atoms with E-state index in [1.807, 2.05) is 0 Å². The lowest BCUT2D eigenvalue weighted by atomic mass is 10.1. The summed E-state index contributed by atoms with van der Waals surface area (Å²) in [6.45, 7) is 0. The van der Waals surface area contributed by atoms with Gasteiger partial charge in [0.25, 0.3) is 0 Å². The molecule has 3 heteroatoms. The highest BCUT2D eigenvalue weighted by molar-refractivity contribution is 9.10. The van der Waals surface area contributed by atoms with Crippen LogP contribution in [0.5, 0.6) is 0 Å². The molecule has 1 aliphatic carbocycles. The number of halogens is 2. The quantitative estimate of drug-likeness (QED) is 0.697. The Bertz CT molecular complexity index is 654. The van der Waals surface area contributed by atoms with Gasteiger partial charge in [0, 0.05) is 24.1 Å². The maximum atomic E-state index is 6.25. The molecule has 2 aromatic rings. The minimum Gasteiger partial charge on any atom is -0.134 e. The number of hydrogen-bond donors (Lipinski definition) is 0. The second kappa shape index (κ2) is 3.62. The third-order valence-corrected chi connectivity index (χ3v) is 4.86. The lowest BCUT2D eigenvalue weighted by Crippen LogP contribution is -2.22. The molecule has 0 atom stereocenters. The Morgan fingerprint density at radius 1 is 1.33 bits per heavy atom. The average molecular weight is 300 g/mol. The molecule has 0 nitrogen and oxygen atoms in total. The monoisotopic (exact) mass is 298 g/mol. The summed E-state index contributed by atoms with van der Waals surface area (Å²) in [5.74, 6) is 0. The summed E-state index contributed by atoms with van der Waals surface area (Å²) in [5.41, 5.74) is 0. The number of thiophene rings is 1. The van der Waals surface area contributed by atoms with E-state index in [0.717, 1.165) is 22.3 Å². The predicted molar refractivity (Wildman–Crippen MR) is 71.7 cm³/mol. The van der Waals surface area contributed by atoms with E-state index in [1.165, 1.54) is 19.8 Å². The van der Waals surface area contributed by atoms with Gasteiger partial charge in [0.05, 0.1) is 0 Å². The molecule has 0 unspecified atom stereocenters. The van der Waals surface area contributed by atoms with Crippen molar-refractivity contribution in [2.24, 2.45) is 0 Å². The van der Waals surface area contributed by atoms with E-state index in [-0.39, 0.29) is 0 Å². The largest absolute Gasteiger partial charge is 0.134 e. The molecule has 1 aromatic carbocycles. The highest BCUT2D eigenvalue weighted by Crippen LogP contribution is 2.22. The average Bonchev–Trinajstić information content (AvgIpc) is 2.57. The summed E-state index contributed by atoms with van der Waals surface area (Å²) in [6.07, 6.45) is 4.35. The smallest absolute Gasteiger partial charge is 0.0497 e. The minimum atomic E-state index is 0.989. The van der Waals surface area contributed by atoms with Crippen LogP contribution in [-0.4, -0.2) is 0 Å². The number of rotatable bonds is 0. The summed E-state index contributed by atoms with van der Waals surface area (Å²) in [5, 5.41) is 3.68. The van der Waals surface area contributed by atoms with Crippen LogP contribution in [0.4, 0.5) is 0 Å². The van der Waals surface area contributed by atoms with Gasteiger partial charge < -0.3 is 0 Å². The van der Waals surface area contributed by atoms with E-state index in [9.17, 15) is 0 Å². The van der Waals surface area contributed by atoms with Gasteiger partial charge >= 0.3 is 0 Å². The molecule has 1 heterocycles. The second-order valence-electron chi connectivity index (χ2n) is 3.63. The lowest BCUT2D eigenvalue weighted by Gasteiger charge is -1.99. The molecule has 76 valence electrons. The number of fused-ring (bicyclic) bond motifs is 3. The van der Waals surface area contributed by atoms with Crippen LogP contribution < -0.4 is 9.75 Å². The fraction of sp³-hybridized carbons (Fsp3) is 0.167. The predicted octanol–water partition coefficient (Wildman–Crippen LogP) is 3.59. The Labute approximate surface area is 105 Å². The van der Waals surface area contributed by atoms with Crippen LogP contribution in [-0.2, 0) is 0 Å². The van der Waals surface area contributed by atoms with Gasteiger partial charge in [-0.2, -0.15) is 0 Å². The Morgan fingerprint density at radius 3 is 3.07 bits per heavy atom. The van der Waals surface area contributed by atoms with Crippen molar-refractivity contribution in [1.82, 2.24) is 0 Å². The molecule has 0 amide bonds. The first-order valence-electron chi connectivity index (χ1n) is 4.82. The van der Waals surface area contributed by atoms with E-state index in [1.54, 1.807) is 11.3 Å². The van der Waals surface area contributed by atoms with E-state index in [2.05, 4.69) is 40.2 Å². The van der Waals surface area contributed by atoms with E-state index in [0.29, 0.717) is 0 Å². The Hall–Kier alpha value is -0.310. The molecule has 15 heavy (non-hydrogen) atoms. The van der Waals surface area contributed by atoms with Crippen molar-refractivity contribution < 1.29 is 0 Å². The van der Waals surface area contributed by atoms with Gasteiger partial charge in [-0.1, -0.05) is 39.7 Å². The third kappa shape index (κ3) is 1.55. The molecule has 0 radical (unpaired) electrons. The van der Waals surface area contributed by atoms with Crippen LogP contribution in [0.25, 0.3) is 21.2 Å². The molecule has 1 aromatic heterocycles. The van der Waals surface area contributed by atoms with E-state index in [4.69, 9.17) is 11.6 Å². The first kappa shape index (κ1) is 9.88. The van der Waals surface area contributed by atoms with Crippen LogP contribution in [0.3, 0.4) is 0 Å². The van der Waals surface area contributed by atoms with Crippen LogP contribution in [0, 0.1) is 0 Å². The Kier molecular flexibility index (Phi) is 2.38. The van der Waals surface area contributed by atoms with Gasteiger partial charge in [0.1, 0.15) is 0 Å². The van der Waals surface area contributed by atoms with Crippen LogP contribution in [0.15, 0.2) is 22.7 Å². The number of hydrogen-bond acceptors (Lipinski definition) is 1. The van der Waals surface area contributed by atoms with Gasteiger partial charge in [-0.25, -0.2) is 0 Å². The SMILES string of the molecule is ClC1=c2sc3cc(Br)ccc3c2=CCC1. The fourth-order valence-electron chi connectivity index (χ4n) is 1.95. The van der Waals surface area contributed by atoms with Crippen LogP contribution >= 0.6 is 38.9 Å². The first-order chi connectivity index (χ1) is 7.25. The normalized spacial score (nSPS) is 15.2. The summed E-state index contributed by atoms with van der Waals surface area (Å²) < 4.78 is 3.70. The van der Waals surface area contributed by atoms with E-state index >= 15 is 0 Å². The summed E-state index contributed by atoms with van der Waals surface area (Å²) in [7, 11) is 0. The second-order valence-corrected chi connectivity index (χ2v) is 6.06.